The zero-order valence-corrected chi connectivity index (χ0v) is 20.8. The van der Waals surface area contributed by atoms with E-state index in [2.05, 4.69) is 19.9 Å². The lowest BCUT2D eigenvalue weighted by Gasteiger charge is -2.33. The average molecular weight is 501 g/mol. The van der Waals surface area contributed by atoms with Crippen LogP contribution in [0.2, 0.25) is 0 Å². The maximum atomic E-state index is 6.20. The SMILES string of the molecule is c1cc(COCC(COCc2ccncc2)(COCc2ccncc2)COCc2ccncc2)ccn1. The van der Waals surface area contributed by atoms with Crippen LogP contribution in [-0.2, 0) is 45.4 Å². The van der Waals surface area contributed by atoms with Gasteiger partial charge in [-0.1, -0.05) is 0 Å². The fourth-order valence-electron chi connectivity index (χ4n) is 3.71. The molecular weight excluding hydrogens is 468 g/mol. The van der Waals surface area contributed by atoms with E-state index in [1.54, 1.807) is 49.6 Å². The summed E-state index contributed by atoms with van der Waals surface area (Å²) in [5.74, 6) is 0. The van der Waals surface area contributed by atoms with Crippen LogP contribution in [0.4, 0.5) is 0 Å². The van der Waals surface area contributed by atoms with Crippen LogP contribution < -0.4 is 0 Å². The molecule has 8 nitrogen and oxygen atoms in total. The van der Waals surface area contributed by atoms with Crippen molar-refractivity contribution in [2.24, 2.45) is 5.41 Å². The lowest BCUT2D eigenvalue weighted by molar-refractivity contribution is -0.117. The Kier molecular flexibility index (Phi) is 10.6. The van der Waals surface area contributed by atoms with Gasteiger partial charge in [0.05, 0.1) is 58.3 Å². The third kappa shape index (κ3) is 9.44. The molecule has 4 heterocycles. The molecule has 0 aliphatic rings. The Morgan fingerprint density at radius 3 is 0.811 bits per heavy atom. The Balaban J connectivity index is 1.44. The molecule has 192 valence electrons. The first kappa shape index (κ1) is 26.5. The second kappa shape index (κ2) is 14.9. The Labute approximate surface area is 217 Å². The number of ether oxygens (including phenoxy) is 4. The van der Waals surface area contributed by atoms with Crippen LogP contribution in [0.25, 0.3) is 0 Å². The normalized spacial score (nSPS) is 11.5. The average Bonchev–Trinajstić information content (AvgIpc) is 2.95. The topological polar surface area (TPSA) is 88.5 Å². The summed E-state index contributed by atoms with van der Waals surface area (Å²) >= 11 is 0. The Bertz CT molecular complexity index is 948. The van der Waals surface area contributed by atoms with Crippen LogP contribution in [0.15, 0.2) is 98.1 Å². The molecule has 0 aliphatic heterocycles. The van der Waals surface area contributed by atoms with Crippen molar-refractivity contribution in [2.75, 3.05) is 26.4 Å². The largest absolute Gasteiger partial charge is 0.376 e. The molecule has 0 unspecified atom stereocenters. The van der Waals surface area contributed by atoms with Gasteiger partial charge in [0.15, 0.2) is 0 Å². The van der Waals surface area contributed by atoms with Crippen molar-refractivity contribution in [2.45, 2.75) is 26.4 Å². The fraction of sp³-hybridized carbons (Fsp3) is 0.310. The Morgan fingerprint density at radius 2 is 0.595 bits per heavy atom. The van der Waals surface area contributed by atoms with Crippen molar-refractivity contribution in [1.82, 2.24) is 19.9 Å². The minimum Gasteiger partial charge on any atom is -0.376 e. The third-order valence-electron chi connectivity index (χ3n) is 5.71. The number of hydrogen-bond acceptors (Lipinski definition) is 8. The van der Waals surface area contributed by atoms with E-state index in [0.29, 0.717) is 52.9 Å². The van der Waals surface area contributed by atoms with Gasteiger partial charge in [-0.3, -0.25) is 19.9 Å². The molecule has 4 rings (SSSR count). The molecule has 0 spiro atoms. The molecule has 0 bridgehead atoms. The van der Waals surface area contributed by atoms with Crippen LogP contribution in [0.1, 0.15) is 22.3 Å². The number of nitrogens with zero attached hydrogens (tertiary/aromatic N) is 4. The molecule has 0 saturated heterocycles. The summed E-state index contributed by atoms with van der Waals surface area (Å²) in [6.45, 7) is 3.45. The van der Waals surface area contributed by atoms with E-state index < -0.39 is 5.41 Å². The molecule has 0 aromatic carbocycles. The minimum absolute atomic E-state index is 0.401. The Morgan fingerprint density at radius 1 is 0.378 bits per heavy atom. The highest BCUT2D eigenvalue weighted by Crippen LogP contribution is 2.23. The van der Waals surface area contributed by atoms with E-state index in [4.69, 9.17) is 18.9 Å². The summed E-state index contributed by atoms with van der Waals surface area (Å²) in [6.07, 6.45) is 14.1. The number of hydrogen-bond donors (Lipinski definition) is 0. The quantitative estimate of drug-likeness (QED) is 0.223. The summed E-state index contributed by atoms with van der Waals surface area (Å²) in [5, 5.41) is 0. The van der Waals surface area contributed by atoms with Crippen LogP contribution in [0.3, 0.4) is 0 Å². The predicted octanol–water partition coefficient (Wildman–Crippen LogP) is 4.42. The predicted molar refractivity (Wildman–Crippen MR) is 138 cm³/mol. The highest BCUT2D eigenvalue weighted by Gasteiger charge is 2.33. The number of pyridine rings is 4. The molecule has 0 aliphatic carbocycles. The van der Waals surface area contributed by atoms with Crippen LogP contribution >= 0.6 is 0 Å². The molecule has 0 N–H and O–H groups in total. The van der Waals surface area contributed by atoms with Crippen LogP contribution in [0, 0.1) is 5.41 Å². The Hall–Kier alpha value is -3.56. The first-order valence-corrected chi connectivity index (χ1v) is 12.2. The van der Waals surface area contributed by atoms with Gasteiger partial charge in [-0.15, -0.1) is 0 Å². The van der Waals surface area contributed by atoms with Gasteiger partial charge < -0.3 is 18.9 Å². The molecule has 4 aromatic heterocycles. The van der Waals surface area contributed by atoms with Crippen molar-refractivity contribution < 1.29 is 18.9 Å². The lowest BCUT2D eigenvalue weighted by Crippen LogP contribution is -2.41. The van der Waals surface area contributed by atoms with E-state index in [9.17, 15) is 0 Å². The highest BCUT2D eigenvalue weighted by atomic mass is 16.5. The van der Waals surface area contributed by atoms with Crippen LogP contribution in [0.5, 0.6) is 0 Å². The monoisotopic (exact) mass is 500 g/mol. The van der Waals surface area contributed by atoms with Crippen molar-refractivity contribution in [3.63, 3.8) is 0 Å². The molecule has 0 radical (unpaired) electrons. The summed E-state index contributed by atoms with van der Waals surface area (Å²) in [5.41, 5.74) is 3.68. The van der Waals surface area contributed by atoms with Crippen LogP contribution in [-0.4, -0.2) is 46.4 Å². The van der Waals surface area contributed by atoms with E-state index >= 15 is 0 Å². The molecular formula is C29H32N4O4. The second-order valence-corrected chi connectivity index (χ2v) is 8.89. The molecule has 0 amide bonds. The molecule has 0 fully saturated rings. The van der Waals surface area contributed by atoms with Crippen molar-refractivity contribution in [3.05, 3.63) is 120 Å². The molecule has 0 saturated carbocycles. The maximum Gasteiger partial charge on any atom is 0.0718 e. The molecule has 8 heteroatoms. The third-order valence-corrected chi connectivity index (χ3v) is 5.71. The highest BCUT2D eigenvalue weighted by molar-refractivity contribution is 5.10. The number of aromatic nitrogens is 4. The zero-order valence-electron chi connectivity index (χ0n) is 20.8. The van der Waals surface area contributed by atoms with E-state index in [0.717, 1.165) is 22.3 Å². The lowest BCUT2D eigenvalue weighted by atomic mass is 9.92. The molecule has 4 aromatic rings. The molecule has 0 atom stereocenters. The first-order valence-electron chi connectivity index (χ1n) is 12.2. The first-order chi connectivity index (χ1) is 18.3. The van der Waals surface area contributed by atoms with E-state index in [1.165, 1.54) is 0 Å². The van der Waals surface area contributed by atoms with Gasteiger partial charge in [0.25, 0.3) is 0 Å². The zero-order chi connectivity index (χ0) is 25.4. The second-order valence-electron chi connectivity index (χ2n) is 8.89. The number of rotatable bonds is 16. The van der Waals surface area contributed by atoms with Crippen molar-refractivity contribution in [1.29, 1.82) is 0 Å². The maximum absolute atomic E-state index is 6.20. The van der Waals surface area contributed by atoms with Gasteiger partial charge >= 0.3 is 0 Å². The summed E-state index contributed by atoms with van der Waals surface area (Å²) in [6, 6.07) is 15.6. The van der Waals surface area contributed by atoms with Gasteiger partial charge in [0.1, 0.15) is 0 Å². The summed E-state index contributed by atoms with van der Waals surface area (Å²) < 4.78 is 24.8. The van der Waals surface area contributed by atoms with E-state index in [-0.39, 0.29) is 0 Å². The van der Waals surface area contributed by atoms with Gasteiger partial charge in [0, 0.05) is 49.6 Å². The summed E-state index contributed by atoms with van der Waals surface area (Å²) in [7, 11) is 0. The standard InChI is InChI=1S/C29H32N4O4/c1-9-30-10-2-25(1)17-34-21-29(22-35-18-26-3-11-31-12-4-26,23-36-19-27-5-13-32-14-6-27)24-37-20-28-7-15-33-16-8-28/h1-16H,17-24H2. The minimum atomic E-state index is -0.528. The van der Waals surface area contributed by atoms with E-state index in [1.807, 2.05) is 48.5 Å². The van der Waals surface area contributed by atoms with Gasteiger partial charge in [-0.25, -0.2) is 0 Å². The van der Waals surface area contributed by atoms with Crippen molar-refractivity contribution in [3.8, 4) is 0 Å². The van der Waals surface area contributed by atoms with Gasteiger partial charge in [0.2, 0.25) is 0 Å². The van der Waals surface area contributed by atoms with Gasteiger partial charge in [-0.05, 0) is 70.8 Å². The summed E-state index contributed by atoms with van der Waals surface area (Å²) in [4.78, 5) is 16.3. The van der Waals surface area contributed by atoms with Gasteiger partial charge in [-0.2, -0.15) is 0 Å². The smallest absolute Gasteiger partial charge is 0.0718 e. The molecule has 37 heavy (non-hydrogen) atoms. The fourth-order valence-corrected chi connectivity index (χ4v) is 3.71. The van der Waals surface area contributed by atoms with Crippen molar-refractivity contribution >= 4 is 0 Å².